The third-order valence-corrected chi connectivity index (χ3v) is 4.00. The van der Waals surface area contributed by atoms with Crippen LogP contribution in [0.1, 0.15) is 0 Å². The van der Waals surface area contributed by atoms with Gasteiger partial charge in [0, 0.05) is 27.1 Å². The van der Waals surface area contributed by atoms with Crippen LogP contribution in [0, 0.1) is 0 Å². The third-order valence-electron chi connectivity index (χ3n) is 3.47. The van der Waals surface area contributed by atoms with Gasteiger partial charge in [0.1, 0.15) is 5.65 Å². The first-order valence-electron chi connectivity index (χ1n) is 6.44. The Labute approximate surface area is 124 Å². The fourth-order valence-corrected chi connectivity index (χ4v) is 2.74. The zero-order valence-electron chi connectivity index (χ0n) is 10.6. The van der Waals surface area contributed by atoms with Crippen molar-refractivity contribution in [3.05, 3.63) is 71.3 Å². The molecule has 0 fully saturated rings. The van der Waals surface area contributed by atoms with E-state index in [4.69, 9.17) is 4.98 Å². The van der Waals surface area contributed by atoms with Crippen LogP contribution in [0.4, 0.5) is 0 Å². The Kier molecular flexibility index (Phi) is 2.60. The van der Waals surface area contributed by atoms with Gasteiger partial charge in [-0.3, -0.25) is 0 Å². The van der Waals surface area contributed by atoms with Gasteiger partial charge in [0.25, 0.3) is 0 Å². The summed E-state index contributed by atoms with van der Waals surface area (Å²) in [6.07, 6.45) is 2.07. The SMILES string of the molecule is Brc1ccc(-n2ccc3cc4ccccc4nc32)cc1. The average Bonchev–Trinajstić information content (AvgIpc) is 2.88. The van der Waals surface area contributed by atoms with Gasteiger partial charge < -0.3 is 4.57 Å². The predicted octanol–water partition coefficient (Wildman–Crippen LogP) is 4.94. The van der Waals surface area contributed by atoms with Crippen LogP contribution in [0.3, 0.4) is 0 Å². The molecule has 0 saturated carbocycles. The highest BCUT2D eigenvalue weighted by molar-refractivity contribution is 9.10. The topological polar surface area (TPSA) is 17.8 Å². The standard InChI is InChI=1S/C17H11BrN2/c18-14-5-7-15(8-6-14)20-10-9-13-11-12-3-1-2-4-16(12)19-17(13)20/h1-11H. The van der Waals surface area contributed by atoms with E-state index < -0.39 is 0 Å². The second-order valence-electron chi connectivity index (χ2n) is 4.76. The van der Waals surface area contributed by atoms with Crippen LogP contribution in [0.5, 0.6) is 0 Å². The van der Waals surface area contributed by atoms with Gasteiger partial charge in [-0.25, -0.2) is 4.98 Å². The van der Waals surface area contributed by atoms with Crippen molar-refractivity contribution in [3.63, 3.8) is 0 Å². The van der Waals surface area contributed by atoms with Crippen molar-refractivity contribution in [1.82, 2.24) is 9.55 Å². The number of rotatable bonds is 1. The van der Waals surface area contributed by atoms with Gasteiger partial charge in [0.2, 0.25) is 0 Å². The van der Waals surface area contributed by atoms with Crippen LogP contribution in [0.15, 0.2) is 71.3 Å². The second-order valence-corrected chi connectivity index (χ2v) is 5.67. The predicted molar refractivity (Wildman–Crippen MR) is 86.3 cm³/mol. The molecule has 0 spiro atoms. The highest BCUT2D eigenvalue weighted by Gasteiger charge is 2.06. The molecule has 96 valence electrons. The normalized spacial score (nSPS) is 11.2. The maximum Gasteiger partial charge on any atom is 0.145 e. The summed E-state index contributed by atoms with van der Waals surface area (Å²) < 4.78 is 3.20. The molecule has 0 unspecified atom stereocenters. The lowest BCUT2D eigenvalue weighted by Gasteiger charge is -2.05. The summed E-state index contributed by atoms with van der Waals surface area (Å²) >= 11 is 3.47. The first-order chi connectivity index (χ1) is 9.81. The molecule has 0 atom stereocenters. The van der Waals surface area contributed by atoms with Crippen molar-refractivity contribution < 1.29 is 0 Å². The van der Waals surface area contributed by atoms with E-state index in [1.165, 1.54) is 5.39 Å². The van der Waals surface area contributed by atoms with Crippen LogP contribution < -0.4 is 0 Å². The molecule has 20 heavy (non-hydrogen) atoms. The monoisotopic (exact) mass is 322 g/mol. The molecule has 0 bridgehead atoms. The highest BCUT2D eigenvalue weighted by Crippen LogP contribution is 2.24. The fourth-order valence-electron chi connectivity index (χ4n) is 2.47. The zero-order chi connectivity index (χ0) is 13.5. The maximum atomic E-state index is 4.79. The number of aromatic nitrogens is 2. The van der Waals surface area contributed by atoms with Gasteiger partial charge in [-0.15, -0.1) is 0 Å². The fraction of sp³-hybridized carbons (Fsp3) is 0. The number of fused-ring (bicyclic) bond motifs is 2. The lowest BCUT2D eigenvalue weighted by atomic mass is 10.2. The summed E-state index contributed by atoms with van der Waals surface area (Å²) in [5, 5.41) is 2.33. The van der Waals surface area contributed by atoms with Gasteiger partial charge in [0.15, 0.2) is 0 Å². The molecule has 0 aliphatic heterocycles. The molecule has 0 aliphatic carbocycles. The zero-order valence-corrected chi connectivity index (χ0v) is 12.2. The van der Waals surface area contributed by atoms with Gasteiger partial charge >= 0.3 is 0 Å². The summed E-state index contributed by atoms with van der Waals surface area (Å²) in [7, 11) is 0. The Morgan fingerprint density at radius 3 is 2.50 bits per heavy atom. The number of nitrogens with zero attached hydrogens (tertiary/aromatic N) is 2. The number of benzene rings is 2. The van der Waals surface area contributed by atoms with Crippen molar-refractivity contribution in [1.29, 1.82) is 0 Å². The Morgan fingerprint density at radius 2 is 1.65 bits per heavy atom. The molecule has 0 N–H and O–H groups in total. The molecule has 4 aromatic rings. The molecule has 0 saturated heterocycles. The molecular weight excluding hydrogens is 312 g/mol. The van der Waals surface area contributed by atoms with Crippen LogP contribution in [0.25, 0.3) is 27.6 Å². The first-order valence-corrected chi connectivity index (χ1v) is 7.23. The Hall–Kier alpha value is -2.13. The molecule has 2 heterocycles. The quantitative estimate of drug-likeness (QED) is 0.485. The highest BCUT2D eigenvalue weighted by atomic mass is 79.9. The van der Waals surface area contributed by atoms with E-state index in [0.717, 1.165) is 26.7 Å². The average molecular weight is 323 g/mol. The number of para-hydroxylation sites is 1. The van der Waals surface area contributed by atoms with Gasteiger partial charge in [-0.2, -0.15) is 0 Å². The number of halogens is 1. The van der Waals surface area contributed by atoms with Crippen molar-refractivity contribution in [2.75, 3.05) is 0 Å². The van der Waals surface area contributed by atoms with Gasteiger partial charge in [-0.1, -0.05) is 34.1 Å². The van der Waals surface area contributed by atoms with E-state index in [1.54, 1.807) is 0 Å². The summed E-state index contributed by atoms with van der Waals surface area (Å²) in [6, 6.07) is 20.8. The van der Waals surface area contributed by atoms with Crippen molar-refractivity contribution in [3.8, 4) is 5.69 Å². The minimum absolute atomic E-state index is 0.992. The van der Waals surface area contributed by atoms with Crippen LogP contribution >= 0.6 is 15.9 Å². The maximum absolute atomic E-state index is 4.79. The minimum Gasteiger partial charge on any atom is -0.301 e. The molecule has 4 rings (SSSR count). The van der Waals surface area contributed by atoms with Crippen molar-refractivity contribution >= 4 is 37.9 Å². The Bertz CT molecular complexity index is 907. The number of hydrogen-bond acceptors (Lipinski definition) is 1. The molecule has 2 aromatic heterocycles. The first kappa shape index (κ1) is 11.7. The largest absolute Gasteiger partial charge is 0.301 e. The summed E-state index contributed by atoms with van der Waals surface area (Å²) in [6.45, 7) is 0. The third kappa shape index (κ3) is 1.82. The molecule has 0 radical (unpaired) electrons. The molecule has 2 aromatic carbocycles. The Morgan fingerprint density at radius 1 is 0.850 bits per heavy atom. The van der Waals surface area contributed by atoms with E-state index in [0.29, 0.717) is 0 Å². The van der Waals surface area contributed by atoms with E-state index in [2.05, 4.69) is 57.0 Å². The molecule has 3 heteroatoms. The van der Waals surface area contributed by atoms with E-state index in [9.17, 15) is 0 Å². The van der Waals surface area contributed by atoms with Crippen LogP contribution in [-0.4, -0.2) is 9.55 Å². The van der Waals surface area contributed by atoms with E-state index >= 15 is 0 Å². The lowest BCUT2D eigenvalue weighted by molar-refractivity contribution is 1.10. The van der Waals surface area contributed by atoms with Gasteiger partial charge in [-0.05, 0) is 42.5 Å². The summed E-state index contributed by atoms with van der Waals surface area (Å²) in [5.74, 6) is 0. The van der Waals surface area contributed by atoms with Crippen LogP contribution in [-0.2, 0) is 0 Å². The van der Waals surface area contributed by atoms with Gasteiger partial charge in [0.05, 0.1) is 5.52 Å². The molecule has 0 amide bonds. The smallest absolute Gasteiger partial charge is 0.145 e. The lowest BCUT2D eigenvalue weighted by Crippen LogP contribution is -1.93. The Balaban J connectivity index is 2.00. The summed E-state index contributed by atoms with van der Waals surface area (Å²) in [4.78, 5) is 4.79. The van der Waals surface area contributed by atoms with Crippen molar-refractivity contribution in [2.24, 2.45) is 0 Å². The van der Waals surface area contributed by atoms with Crippen LogP contribution in [0.2, 0.25) is 0 Å². The number of pyridine rings is 1. The molecule has 0 aliphatic rings. The van der Waals surface area contributed by atoms with E-state index in [1.807, 2.05) is 30.3 Å². The van der Waals surface area contributed by atoms with E-state index in [-0.39, 0.29) is 0 Å². The second kappa shape index (κ2) is 4.46. The molecular formula is C17H11BrN2. The summed E-state index contributed by atoms with van der Waals surface area (Å²) in [5.41, 5.74) is 3.13. The molecule has 2 nitrogen and oxygen atoms in total. The minimum atomic E-state index is 0.992. The number of hydrogen-bond donors (Lipinski definition) is 0. The van der Waals surface area contributed by atoms with Crippen molar-refractivity contribution in [2.45, 2.75) is 0 Å².